The summed E-state index contributed by atoms with van der Waals surface area (Å²) in [7, 11) is -4.47. The Hall–Kier alpha value is -2.92. The van der Waals surface area contributed by atoms with Crippen molar-refractivity contribution in [2.75, 3.05) is 0 Å². The fourth-order valence-electron chi connectivity index (χ4n) is 3.68. The van der Waals surface area contributed by atoms with Crippen LogP contribution in [0, 0.1) is 5.82 Å². The lowest BCUT2D eigenvalue weighted by Crippen LogP contribution is -2.41. The lowest BCUT2D eigenvalue weighted by molar-refractivity contribution is -0.604. The maximum absolute atomic E-state index is 13.4. The highest BCUT2D eigenvalue weighted by Gasteiger charge is 2.46. The van der Waals surface area contributed by atoms with Crippen molar-refractivity contribution in [3.63, 3.8) is 0 Å². The molecule has 7 heteroatoms. The third-order valence-electron chi connectivity index (χ3n) is 5.35. The van der Waals surface area contributed by atoms with Gasteiger partial charge in [0.2, 0.25) is 5.69 Å². The molecule has 0 fully saturated rings. The van der Waals surface area contributed by atoms with Crippen LogP contribution in [-0.2, 0) is 11.0 Å². The molecule has 1 atom stereocenters. The number of allylic oxidation sites excluding steroid dienone is 4. The van der Waals surface area contributed by atoms with Crippen molar-refractivity contribution in [1.82, 2.24) is 4.98 Å². The monoisotopic (exact) mass is 423 g/mol. The molecule has 0 saturated carbocycles. The SMILES string of the molecule is O=P(O)(O)C1(Cc2cc(-c3ccncc3)cc[n+]2-c2ccc(F)cc2)C=CC=CC1. The Morgan fingerprint density at radius 1 is 1.03 bits per heavy atom. The molecule has 0 radical (unpaired) electrons. The Labute approximate surface area is 174 Å². The van der Waals surface area contributed by atoms with Gasteiger partial charge in [-0.2, -0.15) is 4.57 Å². The number of hydrogen-bond acceptors (Lipinski definition) is 2. The molecule has 2 N–H and O–H groups in total. The Balaban J connectivity index is 1.86. The third-order valence-corrected chi connectivity index (χ3v) is 7.00. The maximum atomic E-state index is 13.4. The normalized spacial score (nSPS) is 18.5. The van der Waals surface area contributed by atoms with Crippen molar-refractivity contribution in [2.24, 2.45) is 0 Å². The Kier molecular flexibility index (Phi) is 5.48. The molecule has 0 amide bonds. The summed E-state index contributed by atoms with van der Waals surface area (Å²) in [6.07, 6.45) is 12.4. The fraction of sp³-hybridized carbons (Fsp3) is 0.130. The van der Waals surface area contributed by atoms with E-state index >= 15 is 0 Å². The molecule has 0 aliphatic heterocycles. The minimum absolute atomic E-state index is 0.119. The van der Waals surface area contributed by atoms with E-state index in [0.717, 1.165) is 11.1 Å². The summed E-state index contributed by atoms with van der Waals surface area (Å²) < 4.78 is 27.8. The van der Waals surface area contributed by atoms with E-state index in [1.807, 2.05) is 35.0 Å². The lowest BCUT2D eigenvalue weighted by Gasteiger charge is -2.31. The number of hydrogen-bond donors (Lipinski definition) is 2. The molecule has 0 saturated heterocycles. The zero-order chi connectivity index (χ0) is 21.2. The minimum Gasteiger partial charge on any atom is -0.324 e. The van der Waals surface area contributed by atoms with E-state index in [2.05, 4.69) is 4.98 Å². The molecule has 1 aliphatic rings. The molecular weight excluding hydrogens is 402 g/mol. The summed E-state index contributed by atoms with van der Waals surface area (Å²) in [6, 6.07) is 13.6. The first-order chi connectivity index (χ1) is 14.4. The molecule has 1 unspecified atom stereocenters. The summed E-state index contributed by atoms with van der Waals surface area (Å²) in [6.45, 7) is 0. The third kappa shape index (κ3) is 4.03. The van der Waals surface area contributed by atoms with E-state index < -0.39 is 12.8 Å². The van der Waals surface area contributed by atoms with Gasteiger partial charge in [0, 0.05) is 36.7 Å². The van der Waals surface area contributed by atoms with Crippen LogP contribution in [0.2, 0.25) is 0 Å². The molecule has 2 aromatic heterocycles. The van der Waals surface area contributed by atoms with Gasteiger partial charge < -0.3 is 9.79 Å². The number of nitrogens with zero attached hydrogens (tertiary/aromatic N) is 2. The van der Waals surface area contributed by atoms with Crippen molar-refractivity contribution >= 4 is 7.60 Å². The quantitative estimate of drug-likeness (QED) is 0.478. The fourth-order valence-corrected chi connectivity index (χ4v) is 4.67. The van der Waals surface area contributed by atoms with E-state index in [1.165, 1.54) is 12.1 Å². The summed E-state index contributed by atoms with van der Waals surface area (Å²) >= 11 is 0. The van der Waals surface area contributed by atoms with E-state index in [-0.39, 0.29) is 18.7 Å². The van der Waals surface area contributed by atoms with Crippen LogP contribution in [-0.4, -0.2) is 19.9 Å². The molecule has 1 aliphatic carbocycles. The first-order valence-electron chi connectivity index (χ1n) is 9.49. The highest BCUT2D eigenvalue weighted by Crippen LogP contribution is 2.56. The van der Waals surface area contributed by atoms with Crippen LogP contribution in [0.5, 0.6) is 0 Å². The van der Waals surface area contributed by atoms with Gasteiger partial charge in [-0.3, -0.25) is 9.55 Å². The molecule has 0 spiro atoms. The van der Waals surface area contributed by atoms with Crippen LogP contribution in [0.4, 0.5) is 4.39 Å². The van der Waals surface area contributed by atoms with Gasteiger partial charge in [-0.25, -0.2) is 4.39 Å². The summed E-state index contributed by atoms with van der Waals surface area (Å²) in [4.78, 5) is 24.4. The van der Waals surface area contributed by atoms with Gasteiger partial charge in [0.15, 0.2) is 11.9 Å². The first-order valence-corrected chi connectivity index (χ1v) is 11.1. The molecule has 4 rings (SSSR count). The highest BCUT2D eigenvalue weighted by molar-refractivity contribution is 7.53. The zero-order valence-corrected chi connectivity index (χ0v) is 17.0. The molecule has 5 nitrogen and oxygen atoms in total. The Morgan fingerprint density at radius 2 is 1.77 bits per heavy atom. The minimum atomic E-state index is -4.47. The second-order valence-electron chi connectivity index (χ2n) is 7.30. The van der Waals surface area contributed by atoms with Crippen molar-refractivity contribution in [1.29, 1.82) is 0 Å². The summed E-state index contributed by atoms with van der Waals surface area (Å²) in [5.41, 5.74) is 3.27. The van der Waals surface area contributed by atoms with Crippen molar-refractivity contribution in [3.05, 3.63) is 103 Å². The van der Waals surface area contributed by atoms with Gasteiger partial charge in [0.05, 0.1) is 6.42 Å². The van der Waals surface area contributed by atoms with E-state index in [0.29, 0.717) is 11.4 Å². The number of benzene rings is 1. The van der Waals surface area contributed by atoms with E-state index in [4.69, 9.17) is 0 Å². The predicted octanol–water partition coefficient (Wildman–Crippen LogP) is 4.14. The second kappa shape index (κ2) is 8.07. The largest absolute Gasteiger partial charge is 0.336 e. The van der Waals surface area contributed by atoms with E-state index in [9.17, 15) is 18.7 Å². The number of rotatable bonds is 5. The highest BCUT2D eigenvalue weighted by atomic mass is 31.2. The molecule has 1 aromatic carbocycles. The average Bonchev–Trinajstić information content (AvgIpc) is 2.75. The van der Waals surface area contributed by atoms with Gasteiger partial charge in [-0.1, -0.05) is 24.3 Å². The standard InChI is InChI=1S/C23H20FN2O3P/c24-20-4-6-21(7-5-20)26-15-10-19(18-8-13-25-14-9-18)16-22(26)17-23(30(27,28)29)11-2-1-3-12-23/h1-11,13-16H,12,17H2,(H-,27,28,29)/p+1. The van der Waals surface area contributed by atoms with Crippen molar-refractivity contribution < 1.29 is 23.3 Å². The van der Waals surface area contributed by atoms with E-state index in [1.54, 1.807) is 48.8 Å². The number of halogens is 1. The second-order valence-corrected chi connectivity index (χ2v) is 9.28. The summed E-state index contributed by atoms with van der Waals surface area (Å²) in [5.74, 6) is -0.346. The topological polar surface area (TPSA) is 74.3 Å². The molecule has 0 bridgehead atoms. The predicted molar refractivity (Wildman–Crippen MR) is 113 cm³/mol. The van der Waals surface area contributed by atoms with Crippen LogP contribution < -0.4 is 4.57 Å². The van der Waals surface area contributed by atoms with Gasteiger partial charge >= 0.3 is 7.60 Å². The Bertz CT molecular complexity index is 1160. The average molecular weight is 423 g/mol. The van der Waals surface area contributed by atoms with Crippen LogP contribution in [0.1, 0.15) is 12.1 Å². The van der Waals surface area contributed by atoms with Gasteiger partial charge in [-0.15, -0.1) is 0 Å². The summed E-state index contributed by atoms with van der Waals surface area (Å²) in [5, 5.41) is -1.33. The van der Waals surface area contributed by atoms with Gasteiger partial charge in [0.25, 0.3) is 0 Å². The molecule has 2 heterocycles. The Morgan fingerprint density at radius 3 is 2.40 bits per heavy atom. The molecule has 152 valence electrons. The van der Waals surface area contributed by atoms with Crippen molar-refractivity contribution in [2.45, 2.75) is 18.0 Å². The smallest absolute Gasteiger partial charge is 0.324 e. The first kappa shape index (κ1) is 20.4. The van der Waals surface area contributed by atoms with Crippen LogP contribution in [0.3, 0.4) is 0 Å². The lowest BCUT2D eigenvalue weighted by atomic mass is 9.93. The number of aromatic nitrogens is 2. The maximum Gasteiger partial charge on any atom is 0.336 e. The van der Waals surface area contributed by atoms with Gasteiger partial charge in [0.1, 0.15) is 11.0 Å². The van der Waals surface area contributed by atoms with Gasteiger partial charge in [-0.05, 0) is 41.8 Å². The van der Waals surface area contributed by atoms with Crippen LogP contribution in [0.15, 0.2) is 91.4 Å². The van der Waals surface area contributed by atoms with Crippen molar-refractivity contribution in [3.8, 4) is 16.8 Å². The van der Waals surface area contributed by atoms with Crippen LogP contribution in [0.25, 0.3) is 16.8 Å². The molecule has 3 aromatic rings. The molecular formula is C23H21FN2O3P+. The van der Waals surface area contributed by atoms with Crippen LogP contribution >= 0.6 is 7.60 Å². The number of pyridine rings is 2. The molecule has 30 heavy (non-hydrogen) atoms. The zero-order valence-electron chi connectivity index (χ0n) is 16.1.